The average Bonchev–Trinajstić information content (AvgIpc) is 3.02. The number of nitrogens with zero attached hydrogens (tertiary/aromatic N) is 5. The highest BCUT2D eigenvalue weighted by Crippen LogP contribution is 2.59. The van der Waals surface area contributed by atoms with E-state index in [-0.39, 0.29) is 6.47 Å². The molecule has 1 saturated heterocycles. The molecular weight excluding hydrogens is 522 g/mol. The van der Waals surface area contributed by atoms with Gasteiger partial charge in [-0.3, -0.25) is 4.79 Å². The molecule has 1 aromatic carbocycles. The van der Waals surface area contributed by atoms with E-state index in [0.29, 0.717) is 5.41 Å². The number of benzene rings is 1. The van der Waals surface area contributed by atoms with Crippen LogP contribution in [-0.4, -0.2) is 61.6 Å². The number of carbonyl (C=O) groups is 1. The molecule has 2 aromatic heterocycles. The maximum absolute atomic E-state index is 8.36. The molecule has 5 rings (SSSR count). The van der Waals surface area contributed by atoms with Crippen molar-refractivity contribution in [2.45, 2.75) is 37.3 Å². The Morgan fingerprint density at radius 1 is 1.30 bits per heavy atom. The molecule has 10 heteroatoms. The van der Waals surface area contributed by atoms with Gasteiger partial charge in [0.1, 0.15) is 0 Å². The molecule has 1 aliphatic heterocycles. The van der Waals surface area contributed by atoms with Gasteiger partial charge < -0.3 is 14.6 Å². The molecule has 1 N–H and O–H groups in total. The van der Waals surface area contributed by atoms with Crippen LogP contribution in [0.5, 0.6) is 0 Å². The van der Waals surface area contributed by atoms with Gasteiger partial charge in [0.25, 0.3) is 6.47 Å². The van der Waals surface area contributed by atoms with Crippen LogP contribution in [0, 0.1) is 19.8 Å². The van der Waals surface area contributed by atoms with Gasteiger partial charge in [0.2, 0.25) is 0 Å². The van der Waals surface area contributed by atoms with Gasteiger partial charge in [0.15, 0.2) is 11.0 Å². The summed E-state index contributed by atoms with van der Waals surface area (Å²) in [6, 6.07) is 8.98. The molecule has 3 aromatic rings. The van der Waals surface area contributed by atoms with Crippen LogP contribution in [0.3, 0.4) is 0 Å². The van der Waals surface area contributed by atoms with Crippen molar-refractivity contribution in [3.63, 3.8) is 0 Å². The lowest BCUT2D eigenvalue weighted by molar-refractivity contribution is -0.122. The predicted octanol–water partition coefficient (Wildman–Crippen LogP) is 4.77. The summed E-state index contributed by atoms with van der Waals surface area (Å²) in [5.41, 5.74) is 2.99. The van der Waals surface area contributed by atoms with E-state index in [1.54, 1.807) is 11.3 Å². The van der Waals surface area contributed by atoms with Gasteiger partial charge in [0.05, 0.1) is 15.6 Å². The Balaban J connectivity index is 0.000000821. The largest absolute Gasteiger partial charge is 0.483 e. The molecule has 176 valence electrons. The third-order valence-electron chi connectivity index (χ3n) is 6.43. The first-order chi connectivity index (χ1) is 15.9. The molecule has 2 fully saturated rings. The van der Waals surface area contributed by atoms with E-state index in [2.05, 4.69) is 71.9 Å². The number of hydrogen-bond donors (Lipinski definition) is 1. The number of aromatic nitrogens is 4. The van der Waals surface area contributed by atoms with Crippen LogP contribution in [0.25, 0.3) is 10.7 Å². The number of thioether (sulfide) groups is 1. The molecule has 2 aliphatic rings. The van der Waals surface area contributed by atoms with E-state index >= 15 is 0 Å². The fraction of sp³-hybridized carbons (Fsp3) is 0.478. The highest BCUT2D eigenvalue weighted by molar-refractivity contribution is 9.10. The van der Waals surface area contributed by atoms with Crippen molar-refractivity contribution in [2.24, 2.45) is 13.0 Å². The summed E-state index contributed by atoms with van der Waals surface area (Å²) in [5.74, 6) is 2.84. The third kappa shape index (κ3) is 5.18. The van der Waals surface area contributed by atoms with Crippen molar-refractivity contribution < 1.29 is 9.90 Å². The Morgan fingerprint density at radius 3 is 2.70 bits per heavy atom. The second kappa shape index (κ2) is 10.2. The van der Waals surface area contributed by atoms with Crippen molar-refractivity contribution in [3.8, 4) is 10.7 Å². The summed E-state index contributed by atoms with van der Waals surface area (Å²) >= 11 is 7.06. The number of rotatable bonds is 7. The number of hydrogen-bond acceptors (Lipinski definition) is 7. The number of aryl methyl sites for hydroxylation is 2. The SMILES string of the molecule is Cc1nc(C)c(-c2nnc(SCCCN3C[C@@H]4CC4(c4ccc(Br)cc4)C3)n2C)s1.O=CO. The number of halogens is 1. The first kappa shape index (κ1) is 24.4. The minimum atomic E-state index is -0.250. The molecule has 0 amide bonds. The Bertz CT molecular complexity index is 1120. The van der Waals surface area contributed by atoms with Crippen LogP contribution in [-0.2, 0) is 17.3 Å². The van der Waals surface area contributed by atoms with E-state index in [1.807, 2.05) is 25.6 Å². The van der Waals surface area contributed by atoms with E-state index < -0.39 is 0 Å². The van der Waals surface area contributed by atoms with Gasteiger partial charge in [-0.1, -0.05) is 39.8 Å². The Hall–Kier alpha value is -1.75. The van der Waals surface area contributed by atoms with Gasteiger partial charge in [-0.05, 0) is 56.8 Å². The van der Waals surface area contributed by atoms with Crippen LogP contribution >= 0.6 is 39.0 Å². The van der Waals surface area contributed by atoms with Gasteiger partial charge in [-0.25, -0.2) is 4.98 Å². The molecule has 0 radical (unpaired) electrons. The highest BCUT2D eigenvalue weighted by atomic mass is 79.9. The van der Waals surface area contributed by atoms with Crippen molar-refractivity contribution in [2.75, 3.05) is 25.4 Å². The molecule has 0 bridgehead atoms. The quantitative estimate of drug-likeness (QED) is 0.258. The van der Waals surface area contributed by atoms with Gasteiger partial charge >= 0.3 is 0 Å². The Kier molecular flexibility index (Phi) is 7.57. The van der Waals surface area contributed by atoms with Crippen LogP contribution in [0.15, 0.2) is 33.9 Å². The summed E-state index contributed by atoms with van der Waals surface area (Å²) < 4.78 is 3.28. The van der Waals surface area contributed by atoms with Crippen LogP contribution in [0.4, 0.5) is 0 Å². The van der Waals surface area contributed by atoms with Crippen LogP contribution in [0.2, 0.25) is 0 Å². The number of carboxylic acid groups (broad SMARTS) is 1. The fourth-order valence-electron chi connectivity index (χ4n) is 4.81. The van der Waals surface area contributed by atoms with Gasteiger partial charge in [0, 0.05) is 35.8 Å². The summed E-state index contributed by atoms with van der Waals surface area (Å²) in [6.45, 7) is 7.46. The third-order valence-corrected chi connectivity index (χ3v) is 9.13. The smallest absolute Gasteiger partial charge is 0.290 e. The zero-order valence-electron chi connectivity index (χ0n) is 19.0. The Labute approximate surface area is 210 Å². The van der Waals surface area contributed by atoms with Gasteiger partial charge in [-0.15, -0.1) is 21.5 Å². The molecule has 7 nitrogen and oxygen atoms in total. The maximum atomic E-state index is 8.36. The minimum Gasteiger partial charge on any atom is -0.483 e. The second-order valence-electron chi connectivity index (χ2n) is 8.62. The normalized spacial score (nSPS) is 21.4. The average molecular weight is 551 g/mol. The lowest BCUT2D eigenvalue weighted by atomic mass is 9.95. The molecule has 1 saturated carbocycles. The van der Waals surface area contributed by atoms with E-state index in [9.17, 15) is 0 Å². The summed E-state index contributed by atoms with van der Waals surface area (Å²) in [6.07, 6.45) is 2.53. The van der Waals surface area contributed by atoms with E-state index in [1.165, 1.54) is 42.5 Å². The van der Waals surface area contributed by atoms with E-state index in [0.717, 1.165) is 38.2 Å². The zero-order chi connectivity index (χ0) is 23.6. The lowest BCUT2D eigenvalue weighted by Crippen LogP contribution is -2.27. The summed E-state index contributed by atoms with van der Waals surface area (Å²) in [5, 5.41) is 17.8. The van der Waals surface area contributed by atoms with Crippen molar-refractivity contribution in [1.82, 2.24) is 24.6 Å². The number of likely N-dealkylation sites (tertiary alicyclic amines) is 1. The topological polar surface area (TPSA) is 84.1 Å². The number of piperidine rings is 1. The lowest BCUT2D eigenvalue weighted by Gasteiger charge is -2.21. The van der Waals surface area contributed by atoms with E-state index in [4.69, 9.17) is 9.90 Å². The van der Waals surface area contributed by atoms with Crippen LogP contribution in [0.1, 0.15) is 29.1 Å². The molecule has 0 spiro atoms. The molecule has 1 aliphatic carbocycles. The van der Waals surface area contributed by atoms with Crippen LogP contribution < -0.4 is 0 Å². The number of fused-ring (bicyclic) bond motifs is 1. The van der Waals surface area contributed by atoms with Crippen molar-refractivity contribution in [3.05, 3.63) is 45.0 Å². The monoisotopic (exact) mass is 549 g/mol. The van der Waals surface area contributed by atoms with Crippen molar-refractivity contribution >= 4 is 45.5 Å². The zero-order valence-corrected chi connectivity index (χ0v) is 22.2. The fourth-order valence-corrected chi connectivity index (χ4v) is 6.85. The highest BCUT2D eigenvalue weighted by Gasteiger charge is 2.60. The second-order valence-corrected chi connectivity index (χ2v) is 11.8. The predicted molar refractivity (Wildman–Crippen MR) is 136 cm³/mol. The molecule has 1 unspecified atom stereocenters. The first-order valence-electron chi connectivity index (χ1n) is 10.9. The summed E-state index contributed by atoms with van der Waals surface area (Å²) in [7, 11) is 2.06. The molecule has 2 atom stereocenters. The number of thiazole rings is 1. The molecule has 33 heavy (non-hydrogen) atoms. The molecular formula is C23H28BrN5O2S2. The van der Waals surface area contributed by atoms with Crippen molar-refractivity contribution in [1.29, 1.82) is 0 Å². The summed E-state index contributed by atoms with van der Waals surface area (Å²) in [4.78, 5) is 16.7. The maximum Gasteiger partial charge on any atom is 0.290 e. The first-order valence-corrected chi connectivity index (χ1v) is 13.5. The minimum absolute atomic E-state index is 0.250. The Morgan fingerprint density at radius 2 is 2.03 bits per heavy atom. The standard InChI is InChI=1S/C22H26BrN5S2.CH2O2/c1-14-19(30-15(2)24-14)20-25-26-21(27(20)3)29-10-4-9-28-12-17-11-22(17,13-28)16-5-7-18(23)8-6-16;2-1-3/h5-8,17H,4,9-13H2,1-3H3;1H,(H,2,3)/t17-,22?;/m0./s1. The molecule has 3 heterocycles. The van der Waals surface area contributed by atoms with Gasteiger partial charge in [-0.2, -0.15) is 0 Å².